The number of aromatic nitrogens is 3. The van der Waals surface area contributed by atoms with Gasteiger partial charge in [-0.3, -0.25) is 4.79 Å². The van der Waals surface area contributed by atoms with Gasteiger partial charge in [0.2, 0.25) is 0 Å². The van der Waals surface area contributed by atoms with E-state index in [0.717, 1.165) is 29.6 Å². The number of benzene rings is 2. The third kappa shape index (κ3) is 7.34. The van der Waals surface area contributed by atoms with Crippen LogP contribution in [0.1, 0.15) is 29.2 Å². The summed E-state index contributed by atoms with van der Waals surface area (Å²) in [5.74, 6) is -2.37. The fraction of sp³-hybridized carbons (Fsp3) is 0.120. The number of hydrogen-bond donors (Lipinski definition) is 2. The second-order valence-electron chi connectivity index (χ2n) is 7.43. The molecule has 7 nitrogen and oxygen atoms in total. The van der Waals surface area contributed by atoms with Gasteiger partial charge in [0.1, 0.15) is 23.2 Å². The molecule has 0 aliphatic rings. The van der Waals surface area contributed by atoms with E-state index in [1.165, 1.54) is 12.3 Å². The van der Waals surface area contributed by atoms with Crippen molar-refractivity contribution >= 4 is 30.6 Å². The molecule has 0 amide bonds. The smallest absolute Gasteiger partial charge is 0.322 e. The summed E-state index contributed by atoms with van der Waals surface area (Å²) in [7, 11) is 0. The van der Waals surface area contributed by atoms with Crippen LogP contribution < -0.4 is 10.1 Å². The van der Waals surface area contributed by atoms with Crippen LogP contribution in [-0.4, -0.2) is 44.9 Å². The van der Waals surface area contributed by atoms with Crippen molar-refractivity contribution < 1.29 is 23.4 Å². The first-order valence-corrected chi connectivity index (χ1v) is 10.4. The Bertz CT molecular complexity index is 1260. The van der Waals surface area contributed by atoms with Crippen LogP contribution in [0.15, 0.2) is 79.1 Å². The van der Waals surface area contributed by atoms with E-state index in [-0.39, 0.29) is 36.1 Å². The van der Waals surface area contributed by atoms with Crippen LogP contribution in [0, 0.1) is 11.6 Å². The summed E-state index contributed by atoms with van der Waals surface area (Å²) in [5.41, 5.74) is 1.44. The zero-order valence-electron chi connectivity index (χ0n) is 18.9. The normalized spacial score (nSPS) is 11.3. The van der Waals surface area contributed by atoms with Crippen LogP contribution in [0.25, 0.3) is 0 Å². The second-order valence-corrected chi connectivity index (χ2v) is 7.43. The fourth-order valence-electron chi connectivity index (χ4n) is 3.38. The molecule has 0 fully saturated rings. The predicted octanol–water partition coefficient (Wildman–Crippen LogP) is 4.78. The number of nitrogens with zero attached hydrogens (tertiary/aromatic N) is 3. The molecule has 2 aromatic carbocycles. The van der Waals surface area contributed by atoms with Gasteiger partial charge < -0.3 is 15.2 Å². The van der Waals surface area contributed by atoms with Crippen molar-refractivity contribution in [3.63, 3.8) is 0 Å². The van der Waals surface area contributed by atoms with Crippen molar-refractivity contribution in [1.82, 2.24) is 15.0 Å². The molecule has 0 spiro atoms. The minimum Gasteiger partial charge on any atom is -0.481 e. The van der Waals surface area contributed by atoms with E-state index in [1.54, 1.807) is 18.3 Å². The Morgan fingerprint density at radius 2 is 1.71 bits per heavy atom. The van der Waals surface area contributed by atoms with E-state index < -0.39 is 29.9 Å². The first-order chi connectivity index (χ1) is 16.5. The maximum atomic E-state index is 13.7. The van der Waals surface area contributed by atoms with Gasteiger partial charge >= 0.3 is 12.0 Å². The molecule has 2 heterocycles. The van der Waals surface area contributed by atoms with Gasteiger partial charge in [0.15, 0.2) is 0 Å². The number of anilines is 1. The molecule has 2 aromatic heterocycles. The average Bonchev–Trinajstić information content (AvgIpc) is 2.82. The Hall–Kier alpha value is -3.80. The monoisotopic (exact) mass is 469 g/mol. The van der Waals surface area contributed by atoms with E-state index in [4.69, 9.17) is 4.74 Å². The van der Waals surface area contributed by atoms with Crippen LogP contribution in [0.2, 0.25) is 0 Å². The predicted molar refractivity (Wildman–Crippen MR) is 126 cm³/mol. The van der Waals surface area contributed by atoms with E-state index in [1.807, 2.05) is 30.3 Å². The minimum absolute atomic E-state index is 0. The SMILES string of the molecule is O=C(O)CC(c1cc(F)cc(F)c1)c1ccnc(Oc2ccc(CNc3ccccn3)cc2)n1.[Li]. The molecule has 0 saturated heterocycles. The number of halogens is 2. The topological polar surface area (TPSA) is 97.2 Å². The summed E-state index contributed by atoms with van der Waals surface area (Å²) in [5, 5.41) is 12.5. The standard InChI is InChI=1S/C25H20F2N4O3.Li/c26-18-11-17(12-19(27)13-18)21(14-24(32)33)22-8-10-29-25(31-22)34-20-6-4-16(5-7-20)15-30-23-3-1-2-9-28-23;/h1-13,21H,14-15H2,(H,28,30)(H,32,33);. The number of rotatable bonds is 9. The molecule has 2 N–H and O–H groups in total. The largest absolute Gasteiger partial charge is 0.481 e. The van der Waals surface area contributed by atoms with E-state index in [9.17, 15) is 18.7 Å². The van der Waals surface area contributed by atoms with Gasteiger partial charge in [-0.25, -0.2) is 18.7 Å². The summed E-state index contributed by atoms with van der Waals surface area (Å²) < 4.78 is 33.2. The molecule has 35 heavy (non-hydrogen) atoms. The maximum absolute atomic E-state index is 13.7. The third-order valence-corrected chi connectivity index (χ3v) is 4.95. The van der Waals surface area contributed by atoms with Crippen LogP contribution in [0.3, 0.4) is 0 Å². The number of carboxylic acids is 1. The Kier molecular flexibility index (Phi) is 8.90. The number of nitrogens with one attached hydrogen (secondary N) is 1. The molecular weight excluding hydrogens is 449 g/mol. The van der Waals surface area contributed by atoms with Gasteiger partial charge in [0.25, 0.3) is 0 Å². The molecule has 1 atom stereocenters. The molecule has 10 heteroatoms. The van der Waals surface area contributed by atoms with E-state index >= 15 is 0 Å². The molecule has 4 aromatic rings. The zero-order valence-corrected chi connectivity index (χ0v) is 18.9. The minimum atomic E-state index is -1.13. The first-order valence-electron chi connectivity index (χ1n) is 10.4. The molecule has 0 aliphatic carbocycles. The summed E-state index contributed by atoms with van der Waals surface area (Å²) in [6.45, 7) is 0.574. The maximum Gasteiger partial charge on any atom is 0.322 e. The number of ether oxygens (including phenoxy) is 1. The quantitative estimate of drug-likeness (QED) is 0.341. The second kappa shape index (κ2) is 12.1. The van der Waals surface area contributed by atoms with Crippen molar-refractivity contribution in [2.75, 3.05) is 5.32 Å². The van der Waals surface area contributed by atoms with Crippen molar-refractivity contribution in [3.8, 4) is 11.8 Å². The third-order valence-electron chi connectivity index (χ3n) is 4.95. The Morgan fingerprint density at radius 1 is 0.971 bits per heavy atom. The summed E-state index contributed by atoms with van der Waals surface area (Å²) in [6.07, 6.45) is 2.71. The van der Waals surface area contributed by atoms with Gasteiger partial charge in [-0.1, -0.05) is 18.2 Å². The molecule has 0 bridgehead atoms. The molecule has 1 unspecified atom stereocenters. The first kappa shape index (κ1) is 25.8. The van der Waals surface area contributed by atoms with E-state index in [2.05, 4.69) is 20.3 Å². The number of carbonyl (C=O) groups is 1. The Labute approximate surface area is 212 Å². The summed E-state index contributed by atoms with van der Waals surface area (Å²) >= 11 is 0. The van der Waals surface area contributed by atoms with E-state index in [0.29, 0.717) is 12.3 Å². The van der Waals surface area contributed by atoms with Gasteiger partial charge in [-0.2, -0.15) is 4.98 Å². The van der Waals surface area contributed by atoms with Crippen molar-refractivity contribution in [2.45, 2.75) is 18.9 Å². The van der Waals surface area contributed by atoms with Gasteiger partial charge in [-0.05, 0) is 53.6 Å². The molecule has 0 saturated carbocycles. The number of carboxylic acid groups (broad SMARTS) is 1. The molecule has 0 aliphatic heterocycles. The fourth-order valence-corrected chi connectivity index (χ4v) is 3.38. The van der Waals surface area contributed by atoms with Gasteiger partial charge in [0.05, 0.1) is 12.1 Å². The van der Waals surface area contributed by atoms with Crippen LogP contribution in [0.4, 0.5) is 14.6 Å². The van der Waals surface area contributed by atoms with Gasteiger partial charge in [0, 0.05) is 49.8 Å². The molecule has 1 radical (unpaired) electrons. The van der Waals surface area contributed by atoms with Crippen molar-refractivity contribution in [2.24, 2.45) is 0 Å². The van der Waals surface area contributed by atoms with Crippen LogP contribution >= 0.6 is 0 Å². The number of hydrogen-bond acceptors (Lipinski definition) is 6. The number of aliphatic carboxylic acids is 1. The molecular formula is C25H20F2LiN4O3. The van der Waals surface area contributed by atoms with Crippen LogP contribution in [-0.2, 0) is 11.3 Å². The molecule has 4 rings (SSSR count). The Balaban J connectivity index is 0.00000342. The Morgan fingerprint density at radius 3 is 2.37 bits per heavy atom. The summed E-state index contributed by atoms with van der Waals surface area (Å²) in [6, 6.07) is 17.3. The van der Waals surface area contributed by atoms with Crippen molar-refractivity contribution in [1.29, 1.82) is 0 Å². The van der Waals surface area contributed by atoms with Gasteiger partial charge in [-0.15, -0.1) is 0 Å². The zero-order chi connectivity index (χ0) is 23.9. The summed E-state index contributed by atoms with van der Waals surface area (Å²) in [4.78, 5) is 24.0. The van der Waals surface area contributed by atoms with Crippen LogP contribution in [0.5, 0.6) is 11.8 Å². The molecule has 173 valence electrons. The number of pyridine rings is 1. The average molecular weight is 469 g/mol. The van der Waals surface area contributed by atoms with Crippen molar-refractivity contribution in [3.05, 3.63) is 108 Å².